The van der Waals surface area contributed by atoms with Crippen molar-refractivity contribution in [3.63, 3.8) is 0 Å². The van der Waals surface area contributed by atoms with Crippen molar-refractivity contribution in [1.82, 2.24) is 9.97 Å². The van der Waals surface area contributed by atoms with Gasteiger partial charge in [0.15, 0.2) is 17.5 Å². The van der Waals surface area contributed by atoms with Gasteiger partial charge < -0.3 is 4.98 Å². The summed E-state index contributed by atoms with van der Waals surface area (Å²) < 4.78 is 38.9. The standard InChI is InChI=1S/C12H9F3N2O/c1-5-6(2)16-11(17-12(5)18)7-3-8(13)10(15)9(14)4-7/h3-4H,1-2H3,(H,16,17,18). The fourth-order valence-electron chi connectivity index (χ4n) is 1.47. The van der Waals surface area contributed by atoms with Crippen molar-refractivity contribution >= 4 is 0 Å². The van der Waals surface area contributed by atoms with Crippen LogP contribution in [-0.2, 0) is 0 Å². The van der Waals surface area contributed by atoms with E-state index in [0.29, 0.717) is 11.3 Å². The zero-order valence-electron chi connectivity index (χ0n) is 9.64. The largest absolute Gasteiger partial charge is 0.306 e. The minimum atomic E-state index is -1.55. The van der Waals surface area contributed by atoms with Crippen LogP contribution >= 0.6 is 0 Å². The lowest BCUT2D eigenvalue weighted by Gasteiger charge is -2.05. The molecule has 1 N–H and O–H groups in total. The summed E-state index contributed by atoms with van der Waals surface area (Å²) in [5, 5.41) is 0. The summed E-state index contributed by atoms with van der Waals surface area (Å²) in [6.45, 7) is 3.18. The van der Waals surface area contributed by atoms with Crippen molar-refractivity contribution in [3.8, 4) is 11.4 Å². The molecule has 3 nitrogen and oxygen atoms in total. The van der Waals surface area contributed by atoms with Crippen LogP contribution in [0.25, 0.3) is 11.4 Å². The van der Waals surface area contributed by atoms with Crippen molar-refractivity contribution in [2.45, 2.75) is 13.8 Å². The summed E-state index contributed by atoms with van der Waals surface area (Å²) in [6.07, 6.45) is 0. The molecule has 94 valence electrons. The number of hydrogen-bond donors (Lipinski definition) is 1. The highest BCUT2D eigenvalue weighted by Gasteiger charge is 2.13. The van der Waals surface area contributed by atoms with E-state index in [1.165, 1.54) is 0 Å². The highest BCUT2D eigenvalue weighted by atomic mass is 19.2. The molecule has 0 radical (unpaired) electrons. The first-order valence-corrected chi connectivity index (χ1v) is 5.12. The molecule has 0 saturated carbocycles. The molecular formula is C12H9F3N2O. The van der Waals surface area contributed by atoms with Crippen molar-refractivity contribution in [3.05, 3.63) is 51.2 Å². The number of aromatic nitrogens is 2. The van der Waals surface area contributed by atoms with Crippen LogP contribution < -0.4 is 5.56 Å². The summed E-state index contributed by atoms with van der Waals surface area (Å²) in [7, 11) is 0. The number of hydrogen-bond acceptors (Lipinski definition) is 2. The second-order valence-electron chi connectivity index (χ2n) is 3.88. The maximum absolute atomic E-state index is 13.1. The van der Waals surface area contributed by atoms with E-state index >= 15 is 0 Å². The van der Waals surface area contributed by atoms with E-state index in [0.717, 1.165) is 12.1 Å². The fraction of sp³-hybridized carbons (Fsp3) is 0.167. The number of nitrogens with zero attached hydrogens (tertiary/aromatic N) is 1. The van der Waals surface area contributed by atoms with Gasteiger partial charge in [0, 0.05) is 16.8 Å². The lowest BCUT2D eigenvalue weighted by molar-refractivity contribution is 0.447. The van der Waals surface area contributed by atoms with E-state index < -0.39 is 23.0 Å². The van der Waals surface area contributed by atoms with Gasteiger partial charge in [0.1, 0.15) is 5.82 Å². The molecule has 2 rings (SSSR count). The Morgan fingerprint density at radius 1 is 1.11 bits per heavy atom. The lowest BCUT2D eigenvalue weighted by Crippen LogP contribution is -2.14. The average Bonchev–Trinajstić information content (AvgIpc) is 2.31. The molecule has 2 aromatic rings. The molecule has 1 aromatic heterocycles. The monoisotopic (exact) mass is 254 g/mol. The van der Waals surface area contributed by atoms with E-state index in [-0.39, 0.29) is 11.4 Å². The van der Waals surface area contributed by atoms with Gasteiger partial charge in [-0.05, 0) is 26.0 Å². The third-order valence-corrected chi connectivity index (χ3v) is 2.65. The summed E-state index contributed by atoms with van der Waals surface area (Å²) in [5.74, 6) is -4.21. The minimum Gasteiger partial charge on any atom is -0.306 e. The average molecular weight is 254 g/mol. The highest BCUT2D eigenvalue weighted by molar-refractivity contribution is 5.55. The van der Waals surface area contributed by atoms with E-state index in [1.54, 1.807) is 13.8 Å². The van der Waals surface area contributed by atoms with Gasteiger partial charge in [-0.2, -0.15) is 0 Å². The van der Waals surface area contributed by atoms with Gasteiger partial charge in [-0.1, -0.05) is 0 Å². The summed E-state index contributed by atoms with van der Waals surface area (Å²) in [5.41, 5.74) is 0.440. The van der Waals surface area contributed by atoms with Gasteiger partial charge in [0.05, 0.1) is 0 Å². The van der Waals surface area contributed by atoms with Gasteiger partial charge in [-0.25, -0.2) is 18.2 Å². The molecule has 0 bridgehead atoms. The van der Waals surface area contributed by atoms with Crippen molar-refractivity contribution in [2.24, 2.45) is 0 Å². The van der Waals surface area contributed by atoms with Gasteiger partial charge in [0.2, 0.25) is 0 Å². The first-order chi connectivity index (χ1) is 8.40. The maximum Gasteiger partial charge on any atom is 0.254 e. The van der Waals surface area contributed by atoms with E-state index in [9.17, 15) is 18.0 Å². The Balaban J connectivity index is 2.66. The number of H-pyrrole nitrogens is 1. The van der Waals surface area contributed by atoms with Gasteiger partial charge >= 0.3 is 0 Å². The third kappa shape index (κ3) is 2.01. The van der Waals surface area contributed by atoms with Crippen LogP contribution in [0, 0.1) is 31.3 Å². The van der Waals surface area contributed by atoms with Crippen LogP contribution in [0.3, 0.4) is 0 Å². The zero-order valence-corrected chi connectivity index (χ0v) is 9.64. The second-order valence-corrected chi connectivity index (χ2v) is 3.88. The maximum atomic E-state index is 13.1. The highest BCUT2D eigenvalue weighted by Crippen LogP contribution is 2.20. The molecule has 0 atom stereocenters. The van der Waals surface area contributed by atoms with E-state index in [2.05, 4.69) is 9.97 Å². The Hall–Kier alpha value is -2.11. The first kappa shape index (κ1) is 12.3. The Morgan fingerprint density at radius 3 is 2.17 bits per heavy atom. The molecule has 1 aromatic carbocycles. The molecule has 1 heterocycles. The minimum absolute atomic E-state index is 0.000833. The van der Waals surface area contributed by atoms with Gasteiger partial charge in [-0.3, -0.25) is 4.79 Å². The zero-order chi connectivity index (χ0) is 13.4. The predicted molar refractivity (Wildman–Crippen MR) is 59.6 cm³/mol. The second kappa shape index (κ2) is 4.29. The number of rotatable bonds is 1. The topological polar surface area (TPSA) is 45.8 Å². The molecule has 0 unspecified atom stereocenters. The number of halogens is 3. The Morgan fingerprint density at radius 2 is 1.67 bits per heavy atom. The first-order valence-electron chi connectivity index (χ1n) is 5.12. The summed E-state index contributed by atoms with van der Waals surface area (Å²) >= 11 is 0. The smallest absolute Gasteiger partial charge is 0.254 e. The molecule has 18 heavy (non-hydrogen) atoms. The SMILES string of the molecule is Cc1nc(-c2cc(F)c(F)c(F)c2)[nH]c(=O)c1C. The van der Waals surface area contributed by atoms with Crippen LogP contribution in [-0.4, -0.2) is 9.97 Å². The Kier molecular flexibility index (Phi) is 2.94. The normalized spacial score (nSPS) is 10.7. The molecule has 0 amide bonds. The van der Waals surface area contributed by atoms with E-state index in [4.69, 9.17) is 0 Å². The quantitative estimate of drug-likeness (QED) is 0.794. The molecule has 0 aliphatic rings. The number of benzene rings is 1. The Labute approximate surface area is 100 Å². The van der Waals surface area contributed by atoms with Crippen molar-refractivity contribution in [2.75, 3.05) is 0 Å². The third-order valence-electron chi connectivity index (χ3n) is 2.65. The molecule has 0 spiro atoms. The number of nitrogens with one attached hydrogen (secondary N) is 1. The van der Waals surface area contributed by atoms with Crippen LogP contribution in [0.5, 0.6) is 0 Å². The van der Waals surface area contributed by atoms with Crippen molar-refractivity contribution < 1.29 is 13.2 Å². The van der Waals surface area contributed by atoms with Crippen LogP contribution in [0.15, 0.2) is 16.9 Å². The number of aromatic amines is 1. The molecule has 0 saturated heterocycles. The Bertz CT molecular complexity index is 657. The molecule has 0 fully saturated rings. The molecule has 0 aliphatic heterocycles. The van der Waals surface area contributed by atoms with Crippen LogP contribution in [0.4, 0.5) is 13.2 Å². The molecule has 0 aliphatic carbocycles. The van der Waals surface area contributed by atoms with Crippen LogP contribution in [0.1, 0.15) is 11.3 Å². The lowest BCUT2D eigenvalue weighted by atomic mass is 10.1. The van der Waals surface area contributed by atoms with Crippen molar-refractivity contribution in [1.29, 1.82) is 0 Å². The van der Waals surface area contributed by atoms with E-state index in [1.807, 2.05) is 0 Å². The summed E-state index contributed by atoms with van der Waals surface area (Å²) in [4.78, 5) is 17.9. The van der Waals surface area contributed by atoms with Gasteiger partial charge in [-0.15, -0.1) is 0 Å². The molecule has 6 heteroatoms. The molecular weight excluding hydrogens is 245 g/mol. The fourth-order valence-corrected chi connectivity index (χ4v) is 1.47. The number of aryl methyl sites for hydroxylation is 1. The summed E-state index contributed by atoms with van der Waals surface area (Å²) in [6, 6.07) is 1.57. The van der Waals surface area contributed by atoms with Gasteiger partial charge in [0.25, 0.3) is 5.56 Å². The predicted octanol–water partition coefficient (Wildman–Crippen LogP) is 2.47. The van der Waals surface area contributed by atoms with Crippen LogP contribution in [0.2, 0.25) is 0 Å².